The lowest BCUT2D eigenvalue weighted by atomic mass is 9.96. The van der Waals surface area contributed by atoms with Gasteiger partial charge in [-0.1, -0.05) is 33.6 Å². The highest BCUT2D eigenvalue weighted by atomic mass is 79.9. The Labute approximate surface area is 118 Å². The first kappa shape index (κ1) is 12.9. The molecular weight excluding hydrogens is 344 g/mol. The van der Waals surface area contributed by atoms with Gasteiger partial charge in [0.1, 0.15) is 5.76 Å². The van der Waals surface area contributed by atoms with E-state index in [1.165, 1.54) is 22.3 Å². The number of benzene rings is 1. The molecule has 1 nitrogen and oxygen atoms in total. The minimum atomic E-state index is 0.106. The van der Waals surface area contributed by atoms with Crippen molar-refractivity contribution in [2.75, 3.05) is 0 Å². The van der Waals surface area contributed by atoms with Crippen molar-refractivity contribution in [3.63, 3.8) is 0 Å². The number of alkyl halides is 1. The van der Waals surface area contributed by atoms with Crippen LogP contribution in [0.3, 0.4) is 0 Å². The predicted molar refractivity (Wildman–Crippen MR) is 77.8 cm³/mol. The molecule has 0 aliphatic rings. The summed E-state index contributed by atoms with van der Waals surface area (Å²) in [6.07, 6.45) is 0. The van der Waals surface area contributed by atoms with Gasteiger partial charge in [0.05, 0.1) is 4.83 Å². The van der Waals surface area contributed by atoms with Gasteiger partial charge in [0.25, 0.3) is 0 Å². The van der Waals surface area contributed by atoms with Crippen LogP contribution in [0.4, 0.5) is 0 Å². The minimum Gasteiger partial charge on any atom is -0.453 e. The third-order valence-electron chi connectivity index (χ3n) is 2.84. The van der Waals surface area contributed by atoms with Crippen molar-refractivity contribution in [2.45, 2.75) is 25.6 Å². The van der Waals surface area contributed by atoms with Gasteiger partial charge in [-0.25, -0.2) is 0 Å². The number of rotatable bonds is 2. The van der Waals surface area contributed by atoms with E-state index in [9.17, 15) is 0 Å². The normalized spacial score (nSPS) is 12.8. The molecule has 0 saturated carbocycles. The average molecular weight is 358 g/mol. The molecule has 1 aromatic heterocycles. The largest absolute Gasteiger partial charge is 0.453 e. The lowest BCUT2D eigenvalue weighted by Gasteiger charge is -2.15. The van der Waals surface area contributed by atoms with E-state index in [1.54, 1.807) is 0 Å². The molecule has 0 radical (unpaired) electrons. The molecule has 0 spiro atoms. The lowest BCUT2D eigenvalue weighted by molar-refractivity contribution is 0.496. The maximum Gasteiger partial charge on any atom is 0.169 e. The number of furan rings is 1. The Kier molecular flexibility index (Phi) is 3.79. The van der Waals surface area contributed by atoms with Crippen LogP contribution >= 0.6 is 31.9 Å². The highest BCUT2D eigenvalue weighted by molar-refractivity contribution is 9.10. The zero-order valence-corrected chi connectivity index (χ0v) is 13.2. The van der Waals surface area contributed by atoms with E-state index in [4.69, 9.17) is 4.42 Å². The Bertz CT molecular complexity index is 520. The van der Waals surface area contributed by atoms with E-state index >= 15 is 0 Å². The van der Waals surface area contributed by atoms with Gasteiger partial charge in [-0.3, -0.25) is 0 Å². The Morgan fingerprint density at radius 1 is 1.06 bits per heavy atom. The monoisotopic (exact) mass is 356 g/mol. The molecule has 17 heavy (non-hydrogen) atoms. The molecule has 0 amide bonds. The first-order valence-electron chi connectivity index (χ1n) is 5.46. The van der Waals surface area contributed by atoms with Gasteiger partial charge >= 0.3 is 0 Å². The van der Waals surface area contributed by atoms with E-state index in [-0.39, 0.29) is 4.83 Å². The smallest absolute Gasteiger partial charge is 0.169 e. The van der Waals surface area contributed by atoms with E-state index < -0.39 is 0 Å². The lowest BCUT2D eigenvalue weighted by Crippen LogP contribution is -1.99. The molecule has 1 unspecified atom stereocenters. The topological polar surface area (TPSA) is 13.1 Å². The second kappa shape index (κ2) is 4.99. The van der Waals surface area contributed by atoms with Crippen LogP contribution < -0.4 is 0 Å². The van der Waals surface area contributed by atoms with E-state index in [1.807, 2.05) is 12.1 Å². The quantitative estimate of drug-likeness (QED) is 0.651. The van der Waals surface area contributed by atoms with Crippen LogP contribution in [0.25, 0.3) is 0 Å². The van der Waals surface area contributed by atoms with Crippen molar-refractivity contribution in [3.05, 3.63) is 56.9 Å². The maximum absolute atomic E-state index is 5.61. The number of hydrogen-bond acceptors (Lipinski definition) is 1. The zero-order valence-electron chi connectivity index (χ0n) is 10.1. The van der Waals surface area contributed by atoms with E-state index in [2.05, 4.69) is 64.8 Å². The summed E-state index contributed by atoms with van der Waals surface area (Å²) in [5.41, 5.74) is 5.16. The Morgan fingerprint density at radius 3 is 2.12 bits per heavy atom. The third kappa shape index (κ3) is 2.66. The van der Waals surface area contributed by atoms with Gasteiger partial charge in [0, 0.05) is 0 Å². The standard InChI is InChI=1S/C14H14Br2O/c1-8-6-9(2)13(10(3)7-8)14(16)11-4-5-12(15)17-11/h4-7,14H,1-3H3. The molecule has 0 aliphatic carbocycles. The van der Waals surface area contributed by atoms with Gasteiger partial charge < -0.3 is 4.42 Å². The van der Waals surface area contributed by atoms with Crippen molar-refractivity contribution in [1.29, 1.82) is 0 Å². The van der Waals surface area contributed by atoms with Crippen molar-refractivity contribution in [3.8, 4) is 0 Å². The van der Waals surface area contributed by atoms with E-state index in [0.717, 1.165) is 10.4 Å². The van der Waals surface area contributed by atoms with Crippen molar-refractivity contribution in [2.24, 2.45) is 0 Å². The van der Waals surface area contributed by atoms with Crippen LogP contribution in [0.5, 0.6) is 0 Å². The van der Waals surface area contributed by atoms with Crippen molar-refractivity contribution >= 4 is 31.9 Å². The second-order valence-electron chi connectivity index (χ2n) is 4.32. The third-order valence-corrected chi connectivity index (χ3v) is 4.17. The van der Waals surface area contributed by atoms with Crippen molar-refractivity contribution < 1.29 is 4.42 Å². The number of hydrogen-bond donors (Lipinski definition) is 0. The number of aryl methyl sites for hydroxylation is 3. The Balaban J connectivity index is 2.47. The van der Waals surface area contributed by atoms with Crippen LogP contribution in [-0.2, 0) is 0 Å². The Hall–Kier alpha value is -0.540. The first-order chi connectivity index (χ1) is 7.99. The minimum absolute atomic E-state index is 0.106. The van der Waals surface area contributed by atoms with Gasteiger partial charge in [0.2, 0.25) is 0 Å². The number of halogens is 2. The van der Waals surface area contributed by atoms with Crippen LogP contribution in [0.1, 0.15) is 32.8 Å². The summed E-state index contributed by atoms with van der Waals surface area (Å²) in [6.45, 7) is 6.40. The predicted octanol–water partition coefficient (Wildman–Crippen LogP) is 5.45. The molecule has 0 N–H and O–H groups in total. The zero-order chi connectivity index (χ0) is 12.6. The van der Waals surface area contributed by atoms with Gasteiger partial charge in [0.15, 0.2) is 4.67 Å². The van der Waals surface area contributed by atoms with Crippen LogP contribution in [0, 0.1) is 20.8 Å². The maximum atomic E-state index is 5.61. The van der Waals surface area contributed by atoms with Gasteiger partial charge in [-0.2, -0.15) is 0 Å². The molecule has 2 rings (SSSR count). The SMILES string of the molecule is Cc1cc(C)c(C(Br)c2ccc(Br)o2)c(C)c1. The second-order valence-corrected chi connectivity index (χ2v) is 6.01. The van der Waals surface area contributed by atoms with Crippen LogP contribution in [-0.4, -0.2) is 0 Å². The fourth-order valence-corrected chi connectivity index (χ4v) is 3.49. The Morgan fingerprint density at radius 2 is 1.65 bits per heavy atom. The first-order valence-corrected chi connectivity index (χ1v) is 7.17. The fourth-order valence-electron chi connectivity index (χ4n) is 2.20. The summed E-state index contributed by atoms with van der Waals surface area (Å²) in [4.78, 5) is 0.106. The highest BCUT2D eigenvalue weighted by Gasteiger charge is 2.18. The van der Waals surface area contributed by atoms with Crippen LogP contribution in [0.15, 0.2) is 33.4 Å². The molecule has 0 aliphatic heterocycles. The summed E-state index contributed by atoms with van der Waals surface area (Å²) >= 11 is 7.05. The molecule has 1 heterocycles. The summed E-state index contributed by atoms with van der Waals surface area (Å²) in [6, 6.07) is 8.31. The van der Waals surface area contributed by atoms with Crippen LogP contribution in [0.2, 0.25) is 0 Å². The molecular formula is C14H14Br2O. The summed E-state index contributed by atoms with van der Waals surface area (Å²) in [5, 5.41) is 0. The van der Waals surface area contributed by atoms with Gasteiger partial charge in [-0.05, 0) is 65.5 Å². The molecule has 0 fully saturated rings. The highest BCUT2D eigenvalue weighted by Crippen LogP contribution is 2.37. The molecule has 3 heteroatoms. The molecule has 1 aromatic carbocycles. The van der Waals surface area contributed by atoms with E-state index in [0.29, 0.717) is 0 Å². The van der Waals surface area contributed by atoms with Crippen molar-refractivity contribution in [1.82, 2.24) is 0 Å². The fraction of sp³-hybridized carbons (Fsp3) is 0.286. The van der Waals surface area contributed by atoms with Gasteiger partial charge in [-0.15, -0.1) is 0 Å². The molecule has 90 valence electrons. The molecule has 1 atom stereocenters. The molecule has 0 bridgehead atoms. The molecule has 0 saturated heterocycles. The average Bonchev–Trinajstić information content (AvgIpc) is 2.63. The summed E-state index contributed by atoms with van der Waals surface area (Å²) in [7, 11) is 0. The molecule has 2 aromatic rings. The summed E-state index contributed by atoms with van der Waals surface area (Å²) in [5.74, 6) is 0.923. The summed E-state index contributed by atoms with van der Waals surface area (Å²) < 4.78 is 6.37.